The normalized spacial score (nSPS) is 19.5. The highest BCUT2D eigenvalue weighted by Gasteiger charge is 2.39. The summed E-state index contributed by atoms with van der Waals surface area (Å²) in [5.41, 5.74) is -1.14. The molecular weight excluding hydrogens is 361 g/mol. The molecule has 1 aliphatic carbocycles. The third kappa shape index (κ3) is 3.69. The molecule has 3 rings (SSSR count). The second-order valence-electron chi connectivity index (χ2n) is 6.30. The van der Waals surface area contributed by atoms with Gasteiger partial charge in [-0.2, -0.15) is 18.4 Å². The first-order valence-electron chi connectivity index (χ1n) is 8.29. The maximum Gasteiger partial charge on any atom is 0.416 e. The fourth-order valence-corrected chi connectivity index (χ4v) is 3.59. The number of anilines is 1. The van der Waals surface area contributed by atoms with Crippen LogP contribution in [0.5, 0.6) is 0 Å². The summed E-state index contributed by atoms with van der Waals surface area (Å²) >= 11 is 0. The average Bonchev–Trinajstić information content (AvgIpc) is 3.08. The fourth-order valence-electron chi connectivity index (χ4n) is 3.59. The van der Waals surface area contributed by atoms with Gasteiger partial charge in [0.15, 0.2) is 0 Å². The maximum absolute atomic E-state index is 13.4. The van der Waals surface area contributed by atoms with Crippen LogP contribution in [0.25, 0.3) is 0 Å². The molecule has 140 valence electrons. The van der Waals surface area contributed by atoms with Crippen LogP contribution in [0, 0.1) is 21.4 Å². The van der Waals surface area contributed by atoms with Crippen LogP contribution in [-0.4, -0.2) is 15.9 Å². The number of hydrogen-bond donors (Lipinski definition) is 1. The number of pyridine rings is 1. The predicted octanol–water partition coefficient (Wildman–Crippen LogP) is 4.63. The number of rotatable bonds is 4. The lowest BCUT2D eigenvalue weighted by Gasteiger charge is -2.24. The summed E-state index contributed by atoms with van der Waals surface area (Å²) in [7, 11) is 0. The number of nitriles is 1. The monoisotopic (exact) mass is 376 g/mol. The SMILES string of the molecule is N#Cc1ccnc(NC2CCCC2c2ccccc2C(F)(F)F)c1[N+](=O)[O-]. The third-order valence-electron chi connectivity index (χ3n) is 4.73. The van der Waals surface area contributed by atoms with Crippen LogP contribution in [-0.2, 0) is 6.18 Å². The van der Waals surface area contributed by atoms with Crippen LogP contribution in [0.15, 0.2) is 36.5 Å². The highest BCUT2D eigenvalue weighted by atomic mass is 19.4. The van der Waals surface area contributed by atoms with Gasteiger partial charge < -0.3 is 5.32 Å². The minimum Gasteiger partial charge on any atom is -0.361 e. The number of nitrogens with zero attached hydrogens (tertiary/aromatic N) is 3. The molecule has 1 N–H and O–H groups in total. The molecule has 2 unspecified atom stereocenters. The van der Waals surface area contributed by atoms with Crippen LogP contribution < -0.4 is 5.32 Å². The highest BCUT2D eigenvalue weighted by Crippen LogP contribution is 2.43. The number of halogens is 3. The van der Waals surface area contributed by atoms with Gasteiger partial charge in [0.2, 0.25) is 5.82 Å². The van der Waals surface area contributed by atoms with Gasteiger partial charge in [0.1, 0.15) is 11.6 Å². The zero-order valence-electron chi connectivity index (χ0n) is 14.0. The van der Waals surface area contributed by atoms with Crippen LogP contribution in [0.3, 0.4) is 0 Å². The van der Waals surface area contributed by atoms with E-state index in [1.54, 1.807) is 12.1 Å². The van der Waals surface area contributed by atoms with Crippen molar-refractivity contribution >= 4 is 11.5 Å². The molecule has 1 aromatic carbocycles. The number of nitrogens with one attached hydrogen (secondary N) is 1. The Morgan fingerprint density at radius 2 is 2.00 bits per heavy atom. The summed E-state index contributed by atoms with van der Waals surface area (Å²) in [6, 6.07) is 7.91. The van der Waals surface area contributed by atoms with E-state index in [0.29, 0.717) is 19.3 Å². The summed E-state index contributed by atoms with van der Waals surface area (Å²) in [4.78, 5) is 14.6. The van der Waals surface area contributed by atoms with Gasteiger partial charge in [-0.25, -0.2) is 4.98 Å². The molecule has 6 nitrogen and oxygen atoms in total. The van der Waals surface area contributed by atoms with Gasteiger partial charge in [-0.05, 0) is 30.5 Å². The van der Waals surface area contributed by atoms with Crippen molar-refractivity contribution in [3.8, 4) is 6.07 Å². The molecule has 0 spiro atoms. The lowest BCUT2D eigenvalue weighted by molar-refractivity contribution is -0.384. The molecule has 9 heteroatoms. The number of hydrogen-bond acceptors (Lipinski definition) is 5. The largest absolute Gasteiger partial charge is 0.416 e. The van der Waals surface area contributed by atoms with Gasteiger partial charge in [0, 0.05) is 18.2 Å². The van der Waals surface area contributed by atoms with Gasteiger partial charge in [-0.15, -0.1) is 0 Å². The van der Waals surface area contributed by atoms with Crippen molar-refractivity contribution in [2.24, 2.45) is 0 Å². The predicted molar refractivity (Wildman–Crippen MR) is 91.1 cm³/mol. The van der Waals surface area contributed by atoms with E-state index in [0.717, 1.165) is 6.07 Å². The molecule has 2 aromatic rings. The first-order valence-corrected chi connectivity index (χ1v) is 8.29. The summed E-state index contributed by atoms with van der Waals surface area (Å²) < 4.78 is 40.1. The van der Waals surface area contributed by atoms with Gasteiger partial charge in [0.05, 0.1) is 10.5 Å². The fraction of sp³-hybridized carbons (Fsp3) is 0.333. The standard InChI is InChI=1S/C18H15F3N4O2/c19-18(20,21)14-6-2-1-4-12(14)13-5-3-7-15(13)24-17-16(25(26)27)11(10-22)8-9-23-17/h1-2,4,6,8-9,13,15H,3,5,7H2,(H,23,24). The number of benzene rings is 1. The van der Waals surface area contributed by atoms with Crippen molar-refractivity contribution in [1.29, 1.82) is 5.26 Å². The minimum absolute atomic E-state index is 0.0968. The molecule has 0 radical (unpaired) electrons. The minimum atomic E-state index is -4.48. The van der Waals surface area contributed by atoms with Crippen molar-refractivity contribution in [3.63, 3.8) is 0 Å². The molecule has 0 bridgehead atoms. The summed E-state index contributed by atoms with van der Waals surface area (Å²) in [5.74, 6) is -0.560. The smallest absolute Gasteiger partial charge is 0.361 e. The lowest BCUT2D eigenvalue weighted by atomic mass is 9.89. The molecule has 2 atom stereocenters. The Balaban J connectivity index is 1.97. The summed E-state index contributed by atoms with van der Waals surface area (Å²) in [6.07, 6.45) is -1.46. The Morgan fingerprint density at radius 1 is 1.26 bits per heavy atom. The molecule has 1 aliphatic rings. The first kappa shape index (κ1) is 18.6. The number of nitro groups is 1. The lowest BCUT2D eigenvalue weighted by Crippen LogP contribution is -2.25. The van der Waals surface area contributed by atoms with Crippen molar-refractivity contribution < 1.29 is 18.1 Å². The van der Waals surface area contributed by atoms with E-state index in [1.165, 1.54) is 24.4 Å². The van der Waals surface area contributed by atoms with E-state index in [2.05, 4.69) is 10.3 Å². The Labute approximate surface area is 152 Å². The van der Waals surface area contributed by atoms with Crippen LogP contribution in [0.4, 0.5) is 24.7 Å². The second-order valence-corrected chi connectivity index (χ2v) is 6.30. The van der Waals surface area contributed by atoms with Gasteiger partial charge in [0.25, 0.3) is 0 Å². The quantitative estimate of drug-likeness (QED) is 0.620. The number of aromatic nitrogens is 1. The van der Waals surface area contributed by atoms with E-state index < -0.39 is 34.3 Å². The Morgan fingerprint density at radius 3 is 2.67 bits per heavy atom. The molecule has 1 fully saturated rings. The zero-order chi connectivity index (χ0) is 19.6. The Kier molecular flexibility index (Phi) is 4.99. The summed E-state index contributed by atoms with van der Waals surface area (Å²) in [6.45, 7) is 0. The van der Waals surface area contributed by atoms with Crippen molar-refractivity contribution in [1.82, 2.24) is 4.98 Å². The highest BCUT2D eigenvalue weighted by molar-refractivity contribution is 5.64. The summed E-state index contributed by atoms with van der Waals surface area (Å²) in [5, 5.41) is 23.3. The topological polar surface area (TPSA) is 91.8 Å². The van der Waals surface area contributed by atoms with Gasteiger partial charge >= 0.3 is 11.9 Å². The van der Waals surface area contributed by atoms with E-state index in [4.69, 9.17) is 5.26 Å². The van der Waals surface area contributed by atoms with E-state index >= 15 is 0 Å². The molecule has 0 amide bonds. The number of alkyl halides is 3. The van der Waals surface area contributed by atoms with E-state index in [-0.39, 0.29) is 16.9 Å². The maximum atomic E-state index is 13.4. The van der Waals surface area contributed by atoms with Crippen molar-refractivity contribution in [3.05, 3.63) is 63.3 Å². The van der Waals surface area contributed by atoms with E-state index in [9.17, 15) is 23.3 Å². The third-order valence-corrected chi connectivity index (χ3v) is 4.73. The Bertz CT molecular complexity index is 908. The van der Waals surface area contributed by atoms with Gasteiger partial charge in [-0.1, -0.05) is 24.6 Å². The van der Waals surface area contributed by atoms with Crippen LogP contribution in [0.1, 0.15) is 41.9 Å². The molecule has 27 heavy (non-hydrogen) atoms. The molecule has 0 aliphatic heterocycles. The van der Waals surface area contributed by atoms with Crippen LogP contribution >= 0.6 is 0 Å². The molecule has 1 saturated carbocycles. The van der Waals surface area contributed by atoms with Crippen molar-refractivity contribution in [2.45, 2.75) is 37.4 Å². The molecule has 0 saturated heterocycles. The first-order chi connectivity index (χ1) is 12.8. The molecular formula is C18H15F3N4O2. The van der Waals surface area contributed by atoms with E-state index in [1.807, 2.05) is 0 Å². The van der Waals surface area contributed by atoms with Crippen molar-refractivity contribution in [2.75, 3.05) is 5.32 Å². The second kappa shape index (κ2) is 7.23. The zero-order valence-corrected chi connectivity index (χ0v) is 14.0. The Hall–Kier alpha value is -3.15. The molecule has 1 aromatic heterocycles. The average molecular weight is 376 g/mol. The van der Waals surface area contributed by atoms with Gasteiger partial charge in [-0.3, -0.25) is 10.1 Å². The van der Waals surface area contributed by atoms with Crippen LogP contribution in [0.2, 0.25) is 0 Å². The molecule has 1 heterocycles.